The molecule has 3 aromatic heterocycles. The number of nitrogens with one attached hydrogen (secondary N) is 1. The molecular weight excluding hydrogens is 466 g/mol. The molecule has 0 spiro atoms. The van der Waals surface area contributed by atoms with Crippen LogP contribution in [0.5, 0.6) is 0 Å². The van der Waals surface area contributed by atoms with Gasteiger partial charge in [-0.25, -0.2) is 13.8 Å². The minimum Gasteiger partial charge on any atom is -0.337 e. The highest BCUT2D eigenvalue weighted by Crippen LogP contribution is 2.33. The highest BCUT2D eigenvalue weighted by Gasteiger charge is 2.28. The Hall–Kier alpha value is -4.47. The van der Waals surface area contributed by atoms with Crippen molar-refractivity contribution in [1.29, 1.82) is 0 Å². The van der Waals surface area contributed by atoms with Crippen molar-refractivity contribution in [3.05, 3.63) is 84.8 Å². The summed E-state index contributed by atoms with van der Waals surface area (Å²) in [4.78, 5) is 34.2. The molecule has 4 heterocycles. The zero-order valence-electron chi connectivity index (χ0n) is 19.2. The van der Waals surface area contributed by atoms with Crippen LogP contribution in [-0.2, 0) is 4.79 Å². The first-order valence-electron chi connectivity index (χ1n) is 11.4. The predicted molar refractivity (Wildman–Crippen MR) is 130 cm³/mol. The molecule has 36 heavy (non-hydrogen) atoms. The van der Waals surface area contributed by atoms with Gasteiger partial charge in [-0.2, -0.15) is 5.10 Å². The third-order valence-electron chi connectivity index (χ3n) is 6.18. The molecule has 182 valence electrons. The highest BCUT2D eigenvalue weighted by molar-refractivity contribution is 6.04. The number of nitrogens with zero attached hydrogens (tertiary/aromatic N) is 5. The number of likely N-dealkylation sites (tertiary alicyclic amines) is 1. The van der Waals surface area contributed by atoms with Crippen molar-refractivity contribution >= 4 is 28.5 Å². The molecule has 0 unspecified atom stereocenters. The lowest BCUT2D eigenvalue weighted by Crippen LogP contribution is -2.40. The molecule has 1 atom stereocenters. The molecule has 1 aliphatic rings. The summed E-state index contributed by atoms with van der Waals surface area (Å²) in [5.74, 6) is -1.33. The van der Waals surface area contributed by atoms with E-state index in [4.69, 9.17) is 5.10 Å². The Morgan fingerprint density at radius 2 is 1.89 bits per heavy atom. The molecular formula is C26H22F2N6O2. The van der Waals surface area contributed by atoms with E-state index in [0.29, 0.717) is 40.8 Å². The number of aromatic nitrogens is 4. The van der Waals surface area contributed by atoms with Gasteiger partial charge >= 0.3 is 0 Å². The number of hydrogen-bond donors (Lipinski definition) is 1. The topological polar surface area (TPSA) is 93.0 Å². The van der Waals surface area contributed by atoms with Gasteiger partial charge in [0.2, 0.25) is 5.91 Å². The first kappa shape index (κ1) is 23.3. The van der Waals surface area contributed by atoms with E-state index in [1.165, 1.54) is 18.2 Å². The van der Waals surface area contributed by atoms with E-state index >= 15 is 0 Å². The van der Waals surface area contributed by atoms with Crippen LogP contribution in [0, 0.1) is 11.6 Å². The maximum Gasteiger partial charge on any atom is 0.256 e. The summed E-state index contributed by atoms with van der Waals surface area (Å²) in [5.41, 5.74) is 1.89. The van der Waals surface area contributed by atoms with Crippen molar-refractivity contribution in [2.75, 3.05) is 18.4 Å². The lowest BCUT2D eigenvalue weighted by atomic mass is 10.0. The zero-order chi connectivity index (χ0) is 25.2. The predicted octanol–water partition coefficient (Wildman–Crippen LogP) is 4.37. The van der Waals surface area contributed by atoms with Crippen LogP contribution in [0.3, 0.4) is 0 Å². The van der Waals surface area contributed by atoms with Crippen LogP contribution in [0.2, 0.25) is 0 Å². The molecule has 10 heteroatoms. The van der Waals surface area contributed by atoms with Crippen LogP contribution >= 0.6 is 0 Å². The number of rotatable bonds is 5. The fraction of sp³-hybridized carbons (Fsp3) is 0.192. The number of benzene rings is 1. The minimum atomic E-state index is -0.499. The number of carbonyl (C=O) groups excluding carboxylic acids is 2. The average molecular weight is 488 g/mol. The van der Waals surface area contributed by atoms with E-state index in [9.17, 15) is 18.4 Å². The van der Waals surface area contributed by atoms with Gasteiger partial charge in [0.15, 0.2) is 5.82 Å². The van der Waals surface area contributed by atoms with Gasteiger partial charge in [-0.05, 0) is 43.2 Å². The molecule has 1 saturated heterocycles. The van der Waals surface area contributed by atoms with E-state index in [0.717, 1.165) is 25.2 Å². The van der Waals surface area contributed by atoms with Crippen LogP contribution in [0.25, 0.3) is 22.2 Å². The van der Waals surface area contributed by atoms with Gasteiger partial charge in [0.1, 0.15) is 22.8 Å². The van der Waals surface area contributed by atoms with E-state index in [1.54, 1.807) is 40.0 Å². The fourth-order valence-electron chi connectivity index (χ4n) is 4.42. The average Bonchev–Trinajstić information content (AvgIpc) is 3.31. The number of fused-ring (bicyclic) bond motifs is 1. The molecule has 0 bridgehead atoms. The molecule has 4 aromatic rings. The van der Waals surface area contributed by atoms with Crippen LogP contribution in [0.1, 0.15) is 29.2 Å². The number of hydrogen-bond acceptors (Lipinski definition) is 5. The number of amides is 2. The summed E-state index contributed by atoms with van der Waals surface area (Å²) in [5, 5.41) is 7.89. The molecule has 0 saturated carbocycles. The second-order valence-corrected chi connectivity index (χ2v) is 8.49. The van der Waals surface area contributed by atoms with Crippen molar-refractivity contribution in [3.8, 4) is 11.3 Å². The molecule has 1 aliphatic heterocycles. The Labute approximate surface area is 205 Å². The smallest absolute Gasteiger partial charge is 0.256 e. The zero-order valence-corrected chi connectivity index (χ0v) is 19.2. The molecule has 2 amide bonds. The number of piperidine rings is 1. The van der Waals surface area contributed by atoms with E-state index < -0.39 is 17.5 Å². The van der Waals surface area contributed by atoms with Crippen LogP contribution in [0.4, 0.5) is 14.6 Å². The van der Waals surface area contributed by atoms with Crippen molar-refractivity contribution in [1.82, 2.24) is 24.6 Å². The van der Waals surface area contributed by atoms with Crippen LogP contribution in [0.15, 0.2) is 67.6 Å². The largest absolute Gasteiger partial charge is 0.337 e. The van der Waals surface area contributed by atoms with E-state index in [2.05, 4.69) is 21.9 Å². The molecule has 1 aromatic carbocycles. The first-order valence-corrected chi connectivity index (χ1v) is 11.4. The Kier molecular flexibility index (Phi) is 6.24. The Morgan fingerprint density at radius 1 is 1.08 bits per heavy atom. The Bertz CT molecular complexity index is 1450. The maximum absolute atomic E-state index is 15.0. The fourth-order valence-corrected chi connectivity index (χ4v) is 4.42. The second-order valence-electron chi connectivity index (χ2n) is 8.49. The molecule has 0 aliphatic carbocycles. The van der Waals surface area contributed by atoms with Gasteiger partial charge in [-0.1, -0.05) is 18.7 Å². The molecule has 1 fully saturated rings. The van der Waals surface area contributed by atoms with Crippen molar-refractivity contribution < 1.29 is 18.4 Å². The van der Waals surface area contributed by atoms with Crippen molar-refractivity contribution in [2.24, 2.45) is 0 Å². The summed E-state index contributed by atoms with van der Waals surface area (Å²) >= 11 is 0. The Balaban J connectivity index is 1.45. The summed E-state index contributed by atoms with van der Waals surface area (Å²) in [6, 6.07) is 9.06. The SMILES string of the molecule is C=CC(=O)N1CCC[C@@H](n2nc(-c3ccc(C(=O)Nc4ccc(F)cn4)cc3)c3cncc(F)c32)C1. The van der Waals surface area contributed by atoms with Gasteiger partial charge < -0.3 is 10.2 Å². The molecule has 8 nitrogen and oxygen atoms in total. The number of anilines is 1. The lowest BCUT2D eigenvalue weighted by molar-refractivity contribution is -0.127. The molecule has 5 rings (SSSR count). The summed E-state index contributed by atoms with van der Waals surface area (Å²) in [6.45, 7) is 4.58. The monoisotopic (exact) mass is 488 g/mol. The third-order valence-corrected chi connectivity index (χ3v) is 6.18. The molecule has 0 radical (unpaired) electrons. The minimum absolute atomic E-state index is 0.164. The van der Waals surface area contributed by atoms with Gasteiger partial charge in [0, 0.05) is 35.8 Å². The number of pyridine rings is 2. The number of carbonyl (C=O) groups is 2. The van der Waals surface area contributed by atoms with Gasteiger partial charge in [-0.3, -0.25) is 19.3 Å². The van der Waals surface area contributed by atoms with Crippen LogP contribution in [-0.4, -0.2) is 49.6 Å². The van der Waals surface area contributed by atoms with Gasteiger partial charge in [0.05, 0.1) is 18.4 Å². The van der Waals surface area contributed by atoms with Crippen LogP contribution < -0.4 is 5.32 Å². The second kappa shape index (κ2) is 9.65. The van der Waals surface area contributed by atoms with E-state index in [1.807, 2.05) is 0 Å². The highest BCUT2D eigenvalue weighted by atomic mass is 19.1. The summed E-state index contributed by atoms with van der Waals surface area (Å²) in [6.07, 6.45) is 6.52. The standard InChI is InChI=1S/C26H22F2N6O2/c1-2-23(35)33-11-3-4-19(15-33)34-25-20(13-29-14-21(25)28)24(32-34)16-5-7-17(8-6-16)26(36)31-22-10-9-18(27)12-30-22/h2,5-10,12-14,19H,1,3-4,11,15H2,(H,30,31,36)/t19-/m1/s1. The van der Waals surface area contributed by atoms with Gasteiger partial charge in [0.25, 0.3) is 5.91 Å². The van der Waals surface area contributed by atoms with Crippen molar-refractivity contribution in [2.45, 2.75) is 18.9 Å². The lowest BCUT2D eigenvalue weighted by Gasteiger charge is -2.32. The molecule has 1 N–H and O–H groups in total. The normalized spacial score (nSPS) is 15.6. The Morgan fingerprint density at radius 3 is 2.61 bits per heavy atom. The van der Waals surface area contributed by atoms with Gasteiger partial charge in [-0.15, -0.1) is 0 Å². The van der Waals surface area contributed by atoms with Crippen molar-refractivity contribution in [3.63, 3.8) is 0 Å². The first-order chi connectivity index (χ1) is 17.4. The quantitative estimate of drug-likeness (QED) is 0.421. The number of halogens is 2. The van der Waals surface area contributed by atoms with E-state index in [-0.39, 0.29) is 17.8 Å². The summed E-state index contributed by atoms with van der Waals surface area (Å²) < 4.78 is 29.6. The summed E-state index contributed by atoms with van der Waals surface area (Å²) in [7, 11) is 0. The maximum atomic E-state index is 15.0. The third kappa shape index (κ3) is 4.45.